The zero-order valence-electron chi connectivity index (χ0n) is 21.1. The molecule has 0 aliphatic carbocycles. The zero-order chi connectivity index (χ0) is 24.3. The first-order valence-corrected chi connectivity index (χ1v) is 13.4. The van der Waals surface area contributed by atoms with Gasteiger partial charge in [-0.25, -0.2) is 4.79 Å². The van der Waals surface area contributed by atoms with E-state index in [1.807, 2.05) is 24.3 Å². The molecule has 2 heterocycles. The van der Waals surface area contributed by atoms with Gasteiger partial charge in [-0.3, -0.25) is 0 Å². The van der Waals surface area contributed by atoms with Crippen LogP contribution in [0, 0.1) is 0 Å². The van der Waals surface area contributed by atoms with Crippen molar-refractivity contribution in [3.8, 4) is 11.5 Å². The highest BCUT2D eigenvalue weighted by Crippen LogP contribution is 2.56. The largest absolute Gasteiger partial charge is 0.456 e. The summed E-state index contributed by atoms with van der Waals surface area (Å²) < 4.78 is 12.9. The fraction of sp³-hybridized carbons (Fsp3) is 0.406. The molecule has 0 bridgehead atoms. The van der Waals surface area contributed by atoms with Crippen LogP contribution in [0.5, 0.6) is 11.5 Å². The van der Waals surface area contributed by atoms with Crippen LogP contribution >= 0.6 is 0 Å². The second-order valence-corrected chi connectivity index (χ2v) is 10.0. The van der Waals surface area contributed by atoms with E-state index in [4.69, 9.17) is 9.47 Å². The maximum absolute atomic E-state index is 13.0. The summed E-state index contributed by atoms with van der Waals surface area (Å²) in [6.45, 7) is 4.48. The molecule has 0 aromatic heterocycles. The Bertz CT molecular complexity index is 1150. The smallest absolute Gasteiger partial charge is 0.340 e. The quantitative estimate of drug-likeness (QED) is 0.221. The second kappa shape index (κ2) is 10.3. The predicted octanol–water partition coefficient (Wildman–Crippen LogP) is 8.50. The molecule has 2 aliphatic heterocycles. The molecule has 3 nitrogen and oxygen atoms in total. The van der Waals surface area contributed by atoms with Crippen molar-refractivity contribution in [3.63, 3.8) is 0 Å². The highest BCUT2D eigenvalue weighted by atomic mass is 16.6. The molecule has 182 valence electrons. The second-order valence-electron chi connectivity index (χ2n) is 10.0. The maximum atomic E-state index is 13.0. The van der Waals surface area contributed by atoms with Gasteiger partial charge in [-0.1, -0.05) is 94.8 Å². The average molecular weight is 469 g/mol. The van der Waals surface area contributed by atoms with Gasteiger partial charge in [0.05, 0.1) is 5.56 Å². The number of aryl methyl sites for hydroxylation is 2. The molecule has 1 spiro atoms. The highest BCUT2D eigenvalue weighted by Gasteiger charge is 2.53. The lowest BCUT2D eigenvalue weighted by molar-refractivity contribution is 0.0224. The molecule has 3 heteroatoms. The van der Waals surface area contributed by atoms with E-state index in [0.717, 1.165) is 41.0 Å². The Morgan fingerprint density at radius 3 is 1.80 bits per heavy atom. The summed E-state index contributed by atoms with van der Waals surface area (Å²) in [7, 11) is 0. The fourth-order valence-corrected chi connectivity index (χ4v) is 5.59. The monoisotopic (exact) mass is 468 g/mol. The van der Waals surface area contributed by atoms with Gasteiger partial charge in [0, 0.05) is 16.7 Å². The van der Waals surface area contributed by atoms with Gasteiger partial charge < -0.3 is 9.47 Å². The average Bonchev–Trinajstić information content (AvgIpc) is 3.17. The SMILES string of the molecule is CCCCCCc1ccc2c(c1)Oc1cc(CCCCCC)ccc1C21OC(=O)c2ccccc21. The van der Waals surface area contributed by atoms with Crippen molar-refractivity contribution >= 4 is 5.97 Å². The van der Waals surface area contributed by atoms with Gasteiger partial charge in [0.15, 0.2) is 5.60 Å². The Kier molecular flexibility index (Phi) is 6.95. The van der Waals surface area contributed by atoms with Gasteiger partial charge in [-0.15, -0.1) is 0 Å². The van der Waals surface area contributed by atoms with Crippen molar-refractivity contribution in [2.75, 3.05) is 0 Å². The summed E-state index contributed by atoms with van der Waals surface area (Å²) in [6.07, 6.45) is 11.9. The van der Waals surface area contributed by atoms with Crippen molar-refractivity contribution < 1.29 is 14.3 Å². The van der Waals surface area contributed by atoms with Crippen LogP contribution in [-0.2, 0) is 23.2 Å². The highest BCUT2D eigenvalue weighted by molar-refractivity contribution is 5.97. The van der Waals surface area contributed by atoms with Crippen LogP contribution in [0.2, 0.25) is 0 Å². The molecule has 0 amide bonds. The van der Waals surface area contributed by atoms with Gasteiger partial charge >= 0.3 is 5.97 Å². The van der Waals surface area contributed by atoms with Crippen LogP contribution < -0.4 is 4.74 Å². The Morgan fingerprint density at radius 2 is 1.23 bits per heavy atom. The molecular formula is C32H36O3. The molecule has 3 aromatic carbocycles. The molecule has 0 saturated heterocycles. The van der Waals surface area contributed by atoms with Crippen LogP contribution in [0.25, 0.3) is 0 Å². The summed E-state index contributed by atoms with van der Waals surface area (Å²) >= 11 is 0. The number of benzene rings is 3. The van der Waals surface area contributed by atoms with Gasteiger partial charge in [-0.05, 0) is 55.0 Å². The standard InChI is InChI=1S/C32H36O3/c1-3-5-7-9-13-23-17-19-27-29(21-23)34-30-22-24(14-10-8-6-4-2)18-20-28(30)32(27)26-16-12-11-15-25(26)31(33)35-32/h11-12,15-22H,3-10,13-14H2,1-2H3. The summed E-state index contributed by atoms with van der Waals surface area (Å²) in [6, 6.07) is 20.7. The lowest BCUT2D eigenvalue weighted by atomic mass is 9.77. The molecule has 0 atom stereocenters. The first kappa shape index (κ1) is 23.7. The third kappa shape index (κ3) is 4.37. The summed E-state index contributed by atoms with van der Waals surface area (Å²) in [5, 5.41) is 0. The first-order valence-electron chi connectivity index (χ1n) is 13.4. The molecule has 3 aromatic rings. The van der Waals surface area contributed by atoms with Gasteiger partial charge in [0.2, 0.25) is 0 Å². The van der Waals surface area contributed by atoms with Crippen LogP contribution in [0.4, 0.5) is 0 Å². The lowest BCUT2D eigenvalue weighted by Gasteiger charge is -2.37. The third-order valence-corrected chi connectivity index (χ3v) is 7.48. The first-order chi connectivity index (χ1) is 17.2. The van der Waals surface area contributed by atoms with Crippen molar-refractivity contribution in [1.29, 1.82) is 0 Å². The van der Waals surface area contributed by atoms with Gasteiger partial charge in [0.25, 0.3) is 0 Å². The molecule has 0 saturated carbocycles. The molecule has 5 rings (SSSR count). The van der Waals surface area contributed by atoms with E-state index in [0.29, 0.717) is 5.56 Å². The minimum atomic E-state index is -0.960. The number of fused-ring (bicyclic) bond motifs is 6. The van der Waals surface area contributed by atoms with Crippen molar-refractivity contribution in [2.45, 2.75) is 83.7 Å². The molecule has 0 N–H and O–H groups in total. The topological polar surface area (TPSA) is 35.5 Å². The lowest BCUT2D eigenvalue weighted by Crippen LogP contribution is -2.33. The van der Waals surface area contributed by atoms with Gasteiger partial charge in [0.1, 0.15) is 11.5 Å². The summed E-state index contributed by atoms with van der Waals surface area (Å²) in [5.74, 6) is 1.34. The number of hydrogen-bond acceptors (Lipinski definition) is 3. The maximum Gasteiger partial charge on any atom is 0.340 e. The van der Waals surface area contributed by atoms with E-state index in [1.54, 1.807) is 0 Å². The van der Waals surface area contributed by atoms with E-state index >= 15 is 0 Å². The molecular weight excluding hydrogens is 432 g/mol. The summed E-state index contributed by atoms with van der Waals surface area (Å²) in [5.41, 5.74) is 4.95. The van der Waals surface area contributed by atoms with E-state index in [1.165, 1.54) is 62.5 Å². The molecule has 0 fully saturated rings. The number of carbonyl (C=O) groups is 1. The zero-order valence-corrected chi connectivity index (χ0v) is 21.1. The van der Waals surface area contributed by atoms with Gasteiger partial charge in [-0.2, -0.15) is 0 Å². The van der Waals surface area contributed by atoms with Crippen LogP contribution in [0.3, 0.4) is 0 Å². The number of hydrogen-bond donors (Lipinski definition) is 0. The van der Waals surface area contributed by atoms with E-state index < -0.39 is 5.60 Å². The number of rotatable bonds is 10. The molecule has 2 aliphatic rings. The predicted molar refractivity (Wildman–Crippen MR) is 140 cm³/mol. The Hall–Kier alpha value is -3.07. The number of esters is 1. The molecule has 0 unspecified atom stereocenters. The number of ether oxygens (including phenoxy) is 2. The molecule has 35 heavy (non-hydrogen) atoms. The Labute approximate surface area is 209 Å². The third-order valence-electron chi connectivity index (χ3n) is 7.48. The van der Waals surface area contributed by atoms with Crippen LogP contribution in [-0.4, -0.2) is 5.97 Å². The van der Waals surface area contributed by atoms with Crippen LogP contribution in [0.1, 0.15) is 103 Å². The Balaban J connectivity index is 1.55. The minimum absolute atomic E-state index is 0.272. The normalized spacial score (nSPS) is 14.7. The summed E-state index contributed by atoms with van der Waals surface area (Å²) in [4.78, 5) is 13.0. The Morgan fingerprint density at radius 1 is 0.657 bits per heavy atom. The van der Waals surface area contributed by atoms with Crippen LogP contribution in [0.15, 0.2) is 60.7 Å². The fourth-order valence-electron chi connectivity index (χ4n) is 5.59. The van der Waals surface area contributed by atoms with E-state index in [2.05, 4.69) is 50.2 Å². The van der Waals surface area contributed by atoms with E-state index in [-0.39, 0.29) is 5.97 Å². The van der Waals surface area contributed by atoms with Crippen molar-refractivity contribution in [3.05, 3.63) is 94.0 Å². The van der Waals surface area contributed by atoms with Crippen molar-refractivity contribution in [2.24, 2.45) is 0 Å². The number of unbranched alkanes of at least 4 members (excludes halogenated alkanes) is 6. The van der Waals surface area contributed by atoms with E-state index in [9.17, 15) is 4.79 Å². The minimum Gasteiger partial charge on any atom is -0.456 e. The van der Waals surface area contributed by atoms with Crippen molar-refractivity contribution in [1.82, 2.24) is 0 Å². The molecule has 0 radical (unpaired) electrons. The number of carbonyl (C=O) groups excluding carboxylic acids is 1.